The van der Waals surface area contributed by atoms with Crippen LogP contribution in [0.15, 0.2) is 36.5 Å². The van der Waals surface area contributed by atoms with Gasteiger partial charge in [0.1, 0.15) is 5.82 Å². The van der Waals surface area contributed by atoms with Crippen molar-refractivity contribution >= 4 is 23.4 Å². The van der Waals surface area contributed by atoms with Gasteiger partial charge in [-0.05, 0) is 30.7 Å². The predicted molar refractivity (Wildman–Crippen MR) is 81.9 cm³/mol. The Morgan fingerprint density at radius 2 is 2.19 bits per heavy atom. The third-order valence-corrected chi connectivity index (χ3v) is 2.74. The number of carbonyl (C=O) groups excluding carboxylic acids is 1. The van der Waals surface area contributed by atoms with E-state index in [4.69, 9.17) is 4.74 Å². The van der Waals surface area contributed by atoms with Gasteiger partial charge in [-0.25, -0.2) is 9.78 Å². The maximum Gasteiger partial charge on any atom is 0.337 e. The molecule has 0 atom stereocenters. The molecule has 6 nitrogen and oxygen atoms in total. The van der Waals surface area contributed by atoms with Crippen molar-refractivity contribution in [3.8, 4) is 0 Å². The number of nitrogens with zero attached hydrogens (tertiary/aromatic N) is 2. The van der Waals surface area contributed by atoms with E-state index in [2.05, 4.69) is 27.5 Å². The van der Waals surface area contributed by atoms with Gasteiger partial charge in [-0.1, -0.05) is 13.0 Å². The second-order valence-electron chi connectivity index (χ2n) is 4.39. The third kappa shape index (κ3) is 4.17. The molecule has 0 aliphatic carbocycles. The highest BCUT2D eigenvalue weighted by Gasteiger charge is 2.06. The number of esters is 1. The van der Waals surface area contributed by atoms with Crippen molar-refractivity contribution < 1.29 is 9.53 Å². The lowest BCUT2D eigenvalue weighted by molar-refractivity contribution is 0.0601. The minimum absolute atomic E-state index is 0.369. The summed E-state index contributed by atoms with van der Waals surface area (Å²) in [6, 6.07) is 8.82. The summed E-state index contributed by atoms with van der Waals surface area (Å²) in [5, 5.41) is 6.26. The Hall–Kier alpha value is -2.63. The molecule has 0 amide bonds. The molecular formula is C15H18N4O2. The van der Waals surface area contributed by atoms with E-state index in [1.165, 1.54) is 7.11 Å². The number of benzene rings is 1. The molecule has 2 aromatic rings. The summed E-state index contributed by atoms with van der Waals surface area (Å²) < 4.78 is 4.70. The maximum atomic E-state index is 11.5. The van der Waals surface area contributed by atoms with Crippen LogP contribution in [0.3, 0.4) is 0 Å². The second kappa shape index (κ2) is 7.23. The topological polar surface area (TPSA) is 76.1 Å². The molecular weight excluding hydrogens is 268 g/mol. The summed E-state index contributed by atoms with van der Waals surface area (Å²) in [7, 11) is 1.36. The summed E-state index contributed by atoms with van der Waals surface area (Å²) in [6.45, 7) is 2.90. The van der Waals surface area contributed by atoms with Gasteiger partial charge in [0.15, 0.2) is 0 Å². The second-order valence-corrected chi connectivity index (χ2v) is 4.39. The summed E-state index contributed by atoms with van der Waals surface area (Å²) in [5.74, 6) is 0.864. The van der Waals surface area contributed by atoms with Gasteiger partial charge in [-0.2, -0.15) is 4.98 Å². The molecule has 0 fully saturated rings. The first-order chi connectivity index (χ1) is 10.2. The van der Waals surface area contributed by atoms with E-state index < -0.39 is 0 Å². The zero-order valence-electron chi connectivity index (χ0n) is 12.1. The smallest absolute Gasteiger partial charge is 0.337 e. The van der Waals surface area contributed by atoms with Crippen LogP contribution in [0.4, 0.5) is 17.5 Å². The number of aromatic nitrogens is 2. The molecule has 2 rings (SSSR count). The molecule has 0 radical (unpaired) electrons. The Balaban J connectivity index is 2.12. The SMILES string of the molecule is CCCNc1nccc(Nc2cccc(C(=O)OC)c2)n1. The maximum absolute atomic E-state index is 11.5. The van der Waals surface area contributed by atoms with Crippen LogP contribution >= 0.6 is 0 Å². The van der Waals surface area contributed by atoms with Crippen molar-refractivity contribution in [2.75, 3.05) is 24.3 Å². The molecule has 0 aliphatic rings. The molecule has 1 heterocycles. The molecule has 6 heteroatoms. The Labute approximate surface area is 123 Å². The number of anilines is 3. The van der Waals surface area contributed by atoms with Gasteiger partial charge in [-0.3, -0.25) is 0 Å². The number of ether oxygens (including phenoxy) is 1. The van der Waals surface area contributed by atoms with Gasteiger partial charge in [-0.15, -0.1) is 0 Å². The molecule has 0 aliphatic heterocycles. The first-order valence-electron chi connectivity index (χ1n) is 6.75. The van der Waals surface area contributed by atoms with Gasteiger partial charge in [0.2, 0.25) is 5.95 Å². The Bertz CT molecular complexity index is 616. The summed E-state index contributed by atoms with van der Waals surface area (Å²) >= 11 is 0. The highest BCUT2D eigenvalue weighted by molar-refractivity contribution is 5.90. The fourth-order valence-electron chi connectivity index (χ4n) is 1.74. The van der Waals surface area contributed by atoms with E-state index in [9.17, 15) is 4.79 Å². The molecule has 21 heavy (non-hydrogen) atoms. The van der Waals surface area contributed by atoms with Crippen LogP contribution in [0.2, 0.25) is 0 Å². The first-order valence-corrected chi connectivity index (χ1v) is 6.75. The van der Waals surface area contributed by atoms with Gasteiger partial charge in [0, 0.05) is 18.4 Å². The largest absolute Gasteiger partial charge is 0.465 e. The number of rotatable bonds is 6. The molecule has 0 saturated heterocycles. The number of nitrogens with one attached hydrogen (secondary N) is 2. The molecule has 1 aromatic carbocycles. The molecule has 0 bridgehead atoms. The van der Waals surface area contributed by atoms with Gasteiger partial charge < -0.3 is 15.4 Å². The van der Waals surface area contributed by atoms with Gasteiger partial charge >= 0.3 is 5.97 Å². The fourth-order valence-corrected chi connectivity index (χ4v) is 1.74. The van der Waals surface area contributed by atoms with Gasteiger partial charge in [0.25, 0.3) is 0 Å². The first kappa shape index (κ1) is 14.8. The van der Waals surface area contributed by atoms with Crippen LogP contribution < -0.4 is 10.6 Å². The van der Waals surface area contributed by atoms with E-state index in [1.54, 1.807) is 30.5 Å². The van der Waals surface area contributed by atoms with Crippen molar-refractivity contribution in [3.63, 3.8) is 0 Å². The Morgan fingerprint density at radius 3 is 2.95 bits per heavy atom. The van der Waals surface area contributed by atoms with Crippen molar-refractivity contribution in [1.82, 2.24) is 9.97 Å². The molecule has 0 unspecified atom stereocenters. The fraction of sp³-hybridized carbons (Fsp3) is 0.267. The van der Waals surface area contributed by atoms with Crippen LogP contribution in [0.5, 0.6) is 0 Å². The van der Waals surface area contributed by atoms with Crippen molar-refractivity contribution in [2.24, 2.45) is 0 Å². The number of methoxy groups -OCH3 is 1. The highest BCUT2D eigenvalue weighted by atomic mass is 16.5. The average Bonchev–Trinajstić information content (AvgIpc) is 2.53. The summed E-state index contributed by atoms with van der Waals surface area (Å²) in [4.78, 5) is 20.0. The van der Waals surface area contributed by atoms with E-state index in [-0.39, 0.29) is 5.97 Å². The van der Waals surface area contributed by atoms with Crippen molar-refractivity contribution in [2.45, 2.75) is 13.3 Å². The van der Waals surface area contributed by atoms with Crippen molar-refractivity contribution in [3.05, 3.63) is 42.1 Å². The number of hydrogen-bond acceptors (Lipinski definition) is 6. The monoisotopic (exact) mass is 286 g/mol. The Morgan fingerprint density at radius 1 is 1.33 bits per heavy atom. The zero-order valence-corrected chi connectivity index (χ0v) is 12.1. The lowest BCUT2D eigenvalue weighted by Gasteiger charge is -2.08. The van der Waals surface area contributed by atoms with Crippen LogP contribution in [0.1, 0.15) is 23.7 Å². The van der Waals surface area contributed by atoms with Crippen LogP contribution in [-0.4, -0.2) is 29.6 Å². The number of carbonyl (C=O) groups is 1. The summed E-state index contributed by atoms with van der Waals surface area (Å²) in [6.07, 6.45) is 2.68. The average molecular weight is 286 g/mol. The van der Waals surface area contributed by atoms with E-state index >= 15 is 0 Å². The van der Waals surface area contributed by atoms with Crippen LogP contribution in [-0.2, 0) is 4.74 Å². The van der Waals surface area contributed by atoms with E-state index in [1.807, 2.05) is 6.07 Å². The molecule has 0 saturated carbocycles. The van der Waals surface area contributed by atoms with Crippen LogP contribution in [0.25, 0.3) is 0 Å². The molecule has 2 N–H and O–H groups in total. The summed E-state index contributed by atoms with van der Waals surface area (Å²) in [5.41, 5.74) is 1.25. The highest BCUT2D eigenvalue weighted by Crippen LogP contribution is 2.17. The van der Waals surface area contributed by atoms with E-state index in [0.29, 0.717) is 17.3 Å². The molecule has 110 valence electrons. The van der Waals surface area contributed by atoms with Crippen LogP contribution in [0, 0.1) is 0 Å². The zero-order chi connectivity index (χ0) is 15.1. The minimum Gasteiger partial charge on any atom is -0.465 e. The Kier molecular flexibility index (Phi) is 5.09. The predicted octanol–water partition coefficient (Wildman–Crippen LogP) is 2.83. The quantitative estimate of drug-likeness (QED) is 0.795. The standard InChI is InChI=1S/C15H18N4O2/c1-3-8-16-15-17-9-7-13(19-15)18-12-6-4-5-11(10-12)14(20)21-2/h4-7,9-10H,3,8H2,1-2H3,(H2,16,17,18,19). The van der Waals surface area contributed by atoms with E-state index in [0.717, 1.165) is 18.7 Å². The number of hydrogen-bond donors (Lipinski definition) is 2. The van der Waals surface area contributed by atoms with Crippen molar-refractivity contribution in [1.29, 1.82) is 0 Å². The van der Waals surface area contributed by atoms with Gasteiger partial charge in [0.05, 0.1) is 12.7 Å². The molecule has 1 aromatic heterocycles. The lowest BCUT2D eigenvalue weighted by atomic mass is 10.2. The normalized spacial score (nSPS) is 10.0. The minimum atomic E-state index is -0.369. The molecule has 0 spiro atoms. The lowest BCUT2D eigenvalue weighted by Crippen LogP contribution is -2.06. The third-order valence-electron chi connectivity index (χ3n) is 2.74.